The van der Waals surface area contributed by atoms with Crippen LogP contribution in [0.15, 0.2) is 18.2 Å². The summed E-state index contributed by atoms with van der Waals surface area (Å²) in [5.74, 6) is 1.49. The van der Waals surface area contributed by atoms with Crippen LogP contribution in [-0.4, -0.2) is 29.5 Å². The molecule has 1 N–H and O–H groups in total. The maximum absolute atomic E-state index is 12.5. The van der Waals surface area contributed by atoms with Crippen molar-refractivity contribution in [3.05, 3.63) is 29.5 Å². The van der Waals surface area contributed by atoms with E-state index in [9.17, 15) is 13.2 Å². The summed E-state index contributed by atoms with van der Waals surface area (Å²) in [5, 5.41) is 3.50. The van der Waals surface area contributed by atoms with Crippen molar-refractivity contribution < 1.29 is 22.6 Å². The Bertz CT molecular complexity index is 859. The highest BCUT2D eigenvalue weighted by Crippen LogP contribution is 2.35. The molecule has 8 heteroatoms. The van der Waals surface area contributed by atoms with E-state index in [4.69, 9.17) is 9.72 Å². The van der Waals surface area contributed by atoms with E-state index in [1.165, 1.54) is 19.2 Å². The number of aromatic nitrogens is 2. The van der Waals surface area contributed by atoms with Crippen molar-refractivity contribution in [2.75, 3.05) is 12.4 Å². The fourth-order valence-corrected chi connectivity index (χ4v) is 3.49. The summed E-state index contributed by atoms with van der Waals surface area (Å²) in [6, 6.07) is 4.35. The summed E-state index contributed by atoms with van der Waals surface area (Å²) in [5.41, 5.74) is 2.47. The number of methoxy groups -OCH3 is 1. The standard InChI is InChI=1S/C22H30F3N3O2/c1-8-17-20(27-18(12(2)3)13(4)5)28-21(29-7)19(26-17)16-10-9-15(11-14(16)6)30-22(23,24)25/h9-13,18H,8H2,1-7H3,(H,27,28). The number of halogens is 3. The molecular formula is C22H30F3N3O2. The molecule has 0 aliphatic heterocycles. The largest absolute Gasteiger partial charge is 0.573 e. The van der Waals surface area contributed by atoms with Crippen molar-refractivity contribution in [1.29, 1.82) is 0 Å². The second kappa shape index (κ2) is 9.53. The Morgan fingerprint density at radius 3 is 2.17 bits per heavy atom. The lowest BCUT2D eigenvalue weighted by atomic mass is 9.93. The number of nitrogens with one attached hydrogen (secondary N) is 1. The molecule has 0 spiro atoms. The molecule has 30 heavy (non-hydrogen) atoms. The molecule has 0 radical (unpaired) electrons. The van der Waals surface area contributed by atoms with Gasteiger partial charge >= 0.3 is 6.36 Å². The highest BCUT2D eigenvalue weighted by molar-refractivity contribution is 5.70. The van der Waals surface area contributed by atoms with Crippen LogP contribution in [0.25, 0.3) is 11.3 Å². The zero-order chi connectivity index (χ0) is 22.6. The number of nitrogens with zero attached hydrogens (tertiary/aromatic N) is 2. The van der Waals surface area contributed by atoms with Crippen LogP contribution in [-0.2, 0) is 6.42 Å². The van der Waals surface area contributed by atoms with Crippen molar-refractivity contribution in [1.82, 2.24) is 9.97 Å². The number of rotatable bonds is 8. The molecule has 0 unspecified atom stereocenters. The van der Waals surface area contributed by atoms with Gasteiger partial charge < -0.3 is 14.8 Å². The molecule has 166 valence electrons. The van der Waals surface area contributed by atoms with E-state index < -0.39 is 6.36 Å². The van der Waals surface area contributed by atoms with Gasteiger partial charge in [-0.3, -0.25) is 0 Å². The van der Waals surface area contributed by atoms with E-state index in [2.05, 4.69) is 42.7 Å². The maximum atomic E-state index is 12.5. The van der Waals surface area contributed by atoms with Crippen LogP contribution in [0.5, 0.6) is 11.6 Å². The first-order valence-electron chi connectivity index (χ1n) is 10.0. The van der Waals surface area contributed by atoms with Crippen molar-refractivity contribution in [2.24, 2.45) is 11.8 Å². The Morgan fingerprint density at radius 1 is 1.07 bits per heavy atom. The van der Waals surface area contributed by atoms with Gasteiger partial charge in [0.2, 0.25) is 5.88 Å². The highest BCUT2D eigenvalue weighted by atomic mass is 19.4. The van der Waals surface area contributed by atoms with Crippen LogP contribution in [0.2, 0.25) is 0 Å². The molecule has 2 rings (SSSR count). The number of ether oxygens (including phenoxy) is 2. The molecule has 1 aromatic carbocycles. The third kappa shape index (κ3) is 5.77. The Morgan fingerprint density at radius 2 is 1.70 bits per heavy atom. The van der Waals surface area contributed by atoms with Gasteiger partial charge in [-0.2, -0.15) is 4.98 Å². The molecular weight excluding hydrogens is 395 g/mol. The van der Waals surface area contributed by atoms with Crippen LogP contribution < -0.4 is 14.8 Å². The van der Waals surface area contributed by atoms with Crippen molar-refractivity contribution in [3.63, 3.8) is 0 Å². The number of benzene rings is 1. The molecule has 1 aromatic heterocycles. The maximum Gasteiger partial charge on any atom is 0.573 e. The van der Waals surface area contributed by atoms with Gasteiger partial charge in [0.25, 0.3) is 0 Å². The Labute approximate surface area is 176 Å². The number of alkyl halides is 3. The van der Waals surface area contributed by atoms with Crippen molar-refractivity contribution in [3.8, 4) is 22.9 Å². The second-order valence-corrected chi connectivity index (χ2v) is 7.91. The Hall–Kier alpha value is -2.51. The predicted octanol–water partition coefficient (Wildman–Crippen LogP) is 6.01. The fraction of sp³-hybridized carbons (Fsp3) is 0.545. The number of hydrogen-bond donors (Lipinski definition) is 1. The highest BCUT2D eigenvalue weighted by Gasteiger charge is 2.31. The van der Waals surface area contributed by atoms with Crippen LogP contribution >= 0.6 is 0 Å². The molecule has 0 atom stereocenters. The van der Waals surface area contributed by atoms with Gasteiger partial charge in [0.15, 0.2) is 5.82 Å². The smallest absolute Gasteiger partial charge is 0.479 e. The minimum Gasteiger partial charge on any atom is -0.479 e. The summed E-state index contributed by atoms with van der Waals surface area (Å²) < 4.78 is 47.0. The third-order valence-electron chi connectivity index (χ3n) is 4.89. The fourth-order valence-electron chi connectivity index (χ4n) is 3.49. The Balaban J connectivity index is 2.49. The van der Waals surface area contributed by atoms with E-state index in [0.29, 0.717) is 46.8 Å². The molecule has 0 saturated heterocycles. The van der Waals surface area contributed by atoms with E-state index in [-0.39, 0.29) is 11.8 Å². The number of hydrogen-bond acceptors (Lipinski definition) is 5. The van der Waals surface area contributed by atoms with Crippen molar-refractivity contribution in [2.45, 2.75) is 60.4 Å². The van der Waals surface area contributed by atoms with Gasteiger partial charge in [0.05, 0.1) is 12.8 Å². The zero-order valence-electron chi connectivity index (χ0n) is 18.5. The van der Waals surface area contributed by atoms with E-state index in [0.717, 1.165) is 5.69 Å². The first-order chi connectivity index (χ1) is 14.0. The molecule has 0 fully saturated rings. The van der Waals surface area contributed by atoms with Gasteiger partial charge in [-0.15, -0.1) is 13.2 Å². The SMILES string of the molecule is CCc1nc(-c2ccc(OC(F)(F)F)cc2C)c(OC)nc1NC(C(C)C)C(C)C. The van der Waals surface area contributed by atoms with E-state index >= 15 is 0 Å². The number of aryl methyl sites for hydroxylation is 2. The van der Waals surface area contributed by atoms with Gasteiger partial charge in [-0.05, 0) is 48.9 Å². The molecule has 1 heterocycles. The third-order valence-corrected chi connectivity index (χ3v) is 4.89. The summed E-state index contributed by atoms with van der Waals surface area (Å²) in [6.45, 7) is 12.3. The summed E-state index contributed by atoms with van der Waals surface area (Å²) >= 11 is 0. The van der Waals surface area contributed by atoms with E-state index in [1.54, 1.807) is 13.0 Å². The summed E-state index contributed by atoms with van der Waals surface area (Å²) in [4.78, 5) is 9.41. The van der Waals surface area contributed by atoms with Gasteiger partial charge in [-0.25, -0.2) is 4.98 Å². The lowest BCUT2D eigenvalue weighted by Gasteiger charge is -2.27. The Kier molecular flexibility index (Phi) is 7.55. The lowest BCUT2D eigenvalue weighted by Crippen LogP contribution is -2.32. The molecule has 2 aromatic rings. The van der Waals surface area contributed by atoms with Crippen molar-refractivity contribution >= 4 is 5.82 Å². The predicted molar refractivity (Wildman–Crippen MR) is 112 cm³/mol. The minimum atomic E-state index is -4.74. The molecule has 0 aliphatic rings. The average Bonchev–Trinajstić information content (AvgIpc) is 2.63. The van der Waals surface area contributed by atoms with Crippen LogP contribution in [0.3, 0.4) is 0 Å². The summed E-state index contributed by atoms with van der Waals surface area (Å²) in [6.07, 6.45) is -4.10. The first-order valence-corrected chi connectivity index (χ1v) is 10.0. The minimum absolute atomic E-state index is 0.209. The molecule has 0 saturated carbocycles. The molecule has 0 aliphatic carbocycles. The van der Waals surface area contributed by atoms with Gasteiger partial charge in [0.1, 0.15) is 11.4 Å². The van der Waals surface area contributed by atoms with E-state index in [1.807, 2.05) is 6.92 Å². The number of anilines is 1. The lowest BCUT2D eigenvalue weighted by molar-refractivity contribution is -0.274. The first kappa shape index (κ1) is 23.8. The van der Waals surface area contributed by atoms with Crippen LogP contribution in [0.1, 0.15) is 45.9 Å². The normalized spacial score (nSPS) is 12.0. The van der Waals surface area contributed by atoms with Crippen LogP contribution in [0.4, 0.5) is 19.0 Å². The zero-order valence-corrected chi connectivity index (χ0v) is 18.5. The monoisotopic (exact) mass is 425 g/mol. The molecule has 5 nitrogen and oxygen atoms in total. The van der Waals surface area contributed by atoms with Crippen LogP contribution in [0, 0.1) is 18.8 Å². The second-order valence-electron chi connectivity index (χ2n) is 7.91. The van der Waals surface area contributed by atoms with Gasteiger partial charge in [-0.1, -0.05) is 34.6 Å². The quantitative estimate of drug-likeness (QED) is 0.561. The summed E-state index contributed by atoms with van der Waals surface area (Å²) in [7, 11) is 1.50. The molecule has 0 bridgehead atoms. The average molecular weight is 425 g/mol. The van der Waals surface area contributed by atoms with Gasteiger partial charge in [0, 0.05) is 11.6 Å². The topological polar surface area (TPSA) is 56.3 Å². The molecule has 0 amide bonds.